The Morgan fingerprint density at radius 1 is 1.12 bits per heavy atom. The maximum atomic E-state index is 13.2. The van der Waals surface area contributed by atoms with E-state index in [1.54, 1.807) is 22.7 Å². The summed E-state index contributed by atoms with van der Waals surface area (Å²) in [5.41, 5.74) is 0.347. The van der Waals surface area contributed by atoms with Gasteiger partial charge in [-0.15, -0.1) is 0 Å². The lowest BCUT2D eigenvalue weighted by molar-refractivity contribution is -0.137. The monoisotopic (exact) mass is 347 g/mol. The van der Waals surface area contributed by atoms with Crippen molar-refractivity contribution in [1.82, 2.24) is 14.7 Å². The van der Waals surface area contributed by atoms with E-state index in [2.05, 4.69) is 10.3 Å². The molecule has 3 aromatic rings. The maximum Gasteiger partial charge on any atom is 0.417 e. The lowest BCUT2D eigenvalue weighted by Gasteiger charge is -2.10. The molecule has 0 radical (unpaired) electrons. The predicted octanol–water partition coefficient (Wildman–Crippen LogP) is 4.16. The number of carbonyl (C=O) groups is 1. The fourth-order valence-electron chi connectivity index (χ4n) is 2.56. The summed E-state index contributed by atoms with van der Waals surface area (Å²) >= 11 is 0. The summed E-state index contributed by atoms with van der Waals surface area (Å²) in [5.74, 6) is -0.247. The van der Waals surface area contributed by atoms with Crippen LogP contribution in [0.25, 0.3) is 16.9 Å². The first-order valence-corrected chi connectivity index (χ1v) is 7.72. The molecule has 0 saturated heterocycles. The first-order valence-electron chi connectivity index (χ1n) is 7.72. The standard InChI is InChI=1S/C18H16F3N3O/c1-11(2)22-17(25)12-7-8-16-23-15(10-24(16)9-12)13-5-3-4-6-14(13)18(19,20)21/h3-11H,1-2H3,(H,22,25). The van der Waals surface area contributed by atoms with Gasteiger partial charge in [0.25, 0.3) is 5.91 Å². The van der Waals surface area contributed by atoms with Crippen LogP contribution in [0, 0.1) is 0 Å². The molecule has 0 spiro atoms. The summed E-state index contributed by atoms with van der Waals surface area (Å²) in [6.07, 6.45) is -1.42. The molecule has 25 heavy (non-hydrogen) atoms. The van der Waals surface area contributed by atoms with Crippen LogP contribution in [0.3, 0.4) is 0 Å². The van der Waals surface area contributed by atoms with Gasteiger partial charge < -0.3 is 9.72 Å². The van der Waals surface area contributed by atoms with Crippen LogP contribution in [0.4, 0.5) is 13.2 Å². The molecule has 0 aliphatic rings. The number of carbonyl (C=O) groups excluding carboxylic acids is 1. The van der Waals surface area contributed by atoms with E-state index < -0.39 is 11.7 Å². The van der Waals surface area contributed by atoms with Gasteiger partial charge in [-0.25, -0.2) is 4.98 Å². The third-order valence-corrected chi connectivity index (χ3v) is 3.64. The molecule has 130 valence electrons. The van der Waals surface area contributed by atoms with Crippen LogP contribution in [0.1, 0.15) is 29.8 Å². The average Bonchev–Trinajstić information content (AvgIpc) is 2.96. The number of nitrogens with one attached hydrogen (secondary N) is 1. The molecule has 0 atom stereocenters. The number of alkyl halides is 3. The van der Waals surface area contributed by atoms with Gasteiger partial charge in [0.05, 0.1) is 16.8 Å². The molecule has 4 nitrogen and oxygen atoms in total. The number of hydrogen-bond donors (Lipinski definition) is 1. The zero-order chi connectivity index (χ0) is 18.2. The topological polar surface area (TPSA) is 46.4 Å². The third kappa shape index (κ3) is 3.50. The van der Waals surface area contributed by atoms with Crippen LogP contribution in [0.5, 0.6) is 0 Å². The summed E-state index contributed by atoms with van der Waals surface area (Å²) in [5, 5.41) is 2.77. The van der Waals surface area contributed by atoms with Crippen molar-refractivity contribution < 1.29 is 18.0 Å². The maximum absolute atomic E-state index is 13.2. The van der Waals surface area contributed by atoms with Crippen LogP contribution >= 0.6 is 0 Å². The first-order chi connectivity index (χ1) is 11.8. The molecule has 0 bridgehead atoms. The Kier molecular flexibility index (Phi) is 4.24. The highest BCUT2D eigenvalue weighted by molar-refractivity contribution is 5.94. The van der Waals surface area contributed by atoms with Gasteiger partial charge in [-0.05, 0) is 32.0 Å². The number of hydrogen-bond acceptors (Lipinski definition) is 2. The van der Waals surface area contributed by atoms with Crippen molar-refractivity contribution in [3.05, 3.63) is 59.9 Å². The molecular formula is C18H16F3N3O. The highest BCUT2D eigenvalue weighted by Gasteiger charge is 2.33. The zero-order valence-electron chi connectivity index (χ0n) is 13.6. The molecule has 2 heterocycles. The summed E-state index contributed by atoms with van der Waals surface area (Å²) in [4.78, 5) is 16.3. The van der Waals surface area contributed by atoms with Crippen LogP contribution in [0.15, 0.2) is 48.8 Å². The Morgan fingerprint density at radius 2 is 1.84 bits per heavy atom. The van der Waals surface area contributed by atoms with Crippen molar-refractivity contribution in [2.45, 2.75) is 26.1 Å². The molecule has 0 aliphatic carbocycles. The number of benzene rings is 1. The minimum Gasteiger partial charge on any atom is -0.350 e. The smallest absolute Gasteiger partial charge is 0.350 e. The fraction of sp³-hybridized carbons (Fsp3) is 0.222. The van der Waals surface area contributed by atoms with E-state index in [-0.39, 0.29) is 23.2 Å². The van der Waals surface area contributed by atoms with Crippen molar-refractivity contribution >= 4 is 11.6 Å². The Balaban J connectivity index is 2.05. The Labute approximate surface area is 142 Å². The van der Waals surface area contributed by atoms with Gasteiger partial charge in [-0.2, -0.15) is 13.2 Å². The fourth-order valence-corrected chi connectivity index (χ4v) is 2.56. The van der Waals surface area contributed by atoms with E-state index in [0.717, 1.165) is 6.07 Å². The van der Waals surface area contributed by atoms with Gasteiger partial charge in [0.2, 0.25) is 0 Å². The van der Waals surface area contributed by atoms with Crippen LogP contribution < -0.4 is 5.32 Å². The molecule has 3 rings (SSSR count). The molecule has 1 aromatic carbocycles. The van der Waals surface area contributed by atoms with E-state index >= 15 is 0 Å². The van der Waals surface area contributed by atoms with Gasteiger partial charge in [-0.1, -0.05) is 18.2 Å². The summed E-state index contributed by atoms with van der Waals surface area (Å²) in [6.45, 7) is 3.69. The number of pyridine rings is 1. The number of rotatable bonds is 3. The quantitative estimate of drug-likeness (QED) is 0.773. The Morgan fingerprint density at radius 3 is 2.52 bits per heavy atom. The lowest BCUT2D eigenvalue weighted by Crippen LogP contribution is -2.30. The summed E-state index contributed by atoms with van der Waals surface area (Å²) < 4.78 is 41.1. The van der Waals surface area contributed by atoms with Gasteiger partial charge in [0, 0.05) is 24.0 Å². The van der Waals surface area contributed by atoms with Gasteiger partial charge >= 0.3 is 6.18 Å². The number of imidazole rings is 1. The summed E-state index contributed by atoms with van der Waals surface area (Å²) in [7, 11) is 0. The summed E-state index contributed by atoms with van der Waals surface area (Å²) in [6, 6.07) is 8.49. The van der Waals surface area contributed by atoms with Crippen molar-refractivity contribution in [2.24, 2.45) is 0 Å². The van der Waals surface area contributed by atoms with Crippen molar-refractivity contribution in [3.63, 3.8) is 0 Å². The molecule has 0 unspecified atom stereocenters. The van der Waals surface area contributed by atoms with E-state index in [4.69, 9.17) is 0 Å². The molecule has 0 saturated carbocycles. The predicted molar refractivity (Wildman–Crippen MR) is 88.2 cm³/mol. The molecule has 1 N–H and O–H groups in total. The highest BCUT2D eigenvalue weighted by Crippen LogP contribution is 2.36. The Bertz CT molecular complexity index is 929. The second-order valence-electron chi connectivity index (χ2n) is 5.98. The van der Waals surface area contributed by atoms with E-state index in [1.807, 2.05) is 13.8 Å². The van der Waals surface area contributed by atoms with Crippen LogP contribution in [-0.2, 0) is 6.18 Å². The average molecular weight is 347 g/mol. The van der Waals surface area contributed by atoms with E-state index in [9.17, 15) is 18.0 Å². The minimum atomic E-state index is -4.46. The lowest BCUT2D eigenvalue weighted by atomic mass is 10.1. The van der Waals surface area contributed by atoms with E-state index in [1.165, 1.54) is 24.4 Å². The zero-order valence-corrected chi connectivity index (χ0v) is 13.6. The Hall–Kier alpha value is -2.83. The SMILES string of the molecule is CC(C)NC(=O)c1ccc2nc(-c3ccccc3C(F)(F)F)cn2c1. The molecule has 2 aromatic heterocycles. The normalized spacial score (nSPS) is 11.9. The van der Waals surface area contributed by atoms with Gasteiger partial charge in [0.15, 0.2) is 0 Å². The molecule has 0 aliphatic heterocycles. The molecular weight excluding hydrogens is 331 g/mol. The van der Waals surface area contributed by atoms with Gasteiger partial charge in [-0.3, -0.25) is 4.79 Å². The highest BCUT2D eigenvalue weighted by atomic mass is 19.4. The number of fused-ring (bicyclic) bond motifs is 1. The van der Waals surface area contributed by atoms with Crippen LogP contribution in [0.2, 0.25) is 0 Å². The van der Waals surface area contributed by atoms with Gasteiger partial charge in [0.1, 0.15) is 5.65 Å². The largest absolute Gasteiger partial charge is 0.417 e. The van der Waals surface area contributed by atoms with Crippen LogP contribution in [-0.4, -0.2) is 21.3 Å². The van der Waals surface area contributed by atoms with Crippen molar-refractivity contribution in [2.75, 3.05) is 0 Å². The molecule has 1 amide bonds. The molecule has 0 fully saturated rings. The minimum absolute atomic E-state index is 0.00637. The molecule has 7 heteroatoms. The number of amides is 1. The third-order valence-electron chi connectivity index (χ3n) is 3.64. The second kappa shape index (κ2) is 6.23. The second-order valence-corrected chi connectivity index (χ2v) is 5.98. The van der Waals surface area contributed by atoms with E-state index in [0.29, 0.717) is 11.2 Å². The number of nitrogens with zero attached hydrogens (tertiary/aromatic N) is 2. The first kappa shape index (κ1) is 17.0. The van der Waals surface area contributed by atoms with Crippen molar-refractivity contribution in [1.29, 1.82) is 0 Å². The van der Waals surface area contributed by atoms with Crippen molar-refractivity contribution in [3.8, 4) is 11.3 Å². The number of halogens is 3. The number of aromatic nitrogens is 2.